The summed E-state index contributed by atoms with van der Waals surface area (Å²) in [5.74, 6) is 1.61. The number of unbranched alkanes of at least 4 members (excludes halogenated alkanes) is 2. The van der Waals surface area contributed by atoms with Crippen LogP contribution in [-0.4, -0.2) is 18.9 Å². The van der Waals surface area contributed by atoms with E-state index in [1.165, 1.54) is 0 Å². The Hall–Kier alpha value is -3.63. The Kier molecular flexibility index (Phi) is 6.67. The van der Waals surface area contributed by atoms with Crippen LogP contribution >= 0.6 is 11.3 Å². The molecule has 2 heterocycles. The minimum Gasteiger partial charge on any atom is -0.459 e. The van der Waals surface area contributed by atoms with Crippen molar-refractivity contribution in [3.8, 4) is 5.75 Å². The second kappa shape index (κ2) is 10.3. The number of allylic oxidation sites excluding steroid dienone is 1. The van der Waals surface area contributed by atoms with Gasteiger partial charge in [-0.25, -0.2) is 0 Å². The van der Waals surface area contributed by atoms with Crippen LogP contribution in [0.1, 0.15) is 71.5 Å². The monoisotopic (exact) mass is 519 g/mol. The molecule has 0 fully saturated rings. The van der Waals surface area contributed by atoms with Crippen LogP contribution in [-0.2, 0) is 5.41 Å². The molecule has 38 heavy (non-hydrogen) atoms. The maximum absolute atomic E-state index is 14.6. The van der Waals surface area contributed by atoms with E-state index in [4.69, 9.17) is 4.74 Å². The fourth-order valence-corrected chi connectivity index (χ4v) is 6.84. The lowest BCUT2D eigenvalue weighted by atomic mass is 9.66. The molecule has 1 aromatic heterocycles. The van der Waals surface area contributed by atoms with E-state index in [1.807, 2.05) is 42.5 Å². The Morgan fingerprint density at radius 2 is 1.53 bits per heavy atom. The van der Waals surface area contributed by atoms with E-state index in [0.717, 1.165) is 88.7 Å². The lowest BCUT2D eigenvalue weighted by Crippen LogP contribution is -2.40. The fraction of sp³-hybridized carbons (Fsp3) is 0.265. The van der Waals surface area contributed by atoms with Crippen LogP contribution in [0.2, 0.25) is 0 Å². The van der Waals surface area contributed by atoms with Gasteiger partial charge < -0.3 is 9.64 Å². The Balaban J connectivity index is 1.60. The van der Waals surface area contributed by atoms with Crippen molar-refractivity contribution in [3.63, 3.8) is 0 Å². The van der Waals surface area contributed by atoms with Gasteiger partial charge in [-0.05, 0) is 41.5 Å². The summed E-state index contributed by atoms with van der Waals surface area (Å²) in [6.45, 7) is 6.52. The number of hydrogen-bond acceptors (Lipinski definition) is 4. The van der Waals surface area contributed by atoms with Crippen molar-refractivity contribution in [1.82, 2.24) is 0 Å². The normalized spacial score (nSPS) is 17.6. The highest BCUT2D eigenvalue weighted by molar-refractivity contribution is 7.10. The Morgan fingerprint density at radius 1 is 0.816 bits per heavy atom. The number of nitrogens with zero attached hydrogens (tertiary/aromatic N) is 1. The summed E-state index contributed by atoms with van der Waals surface area (Å²) >= 11 is 1.62. The summed E-state index contributed by atoms with van der Waals surface area (Å²) in [6, 6.07) is 29.0. The molecule has 3 aromatic carbocycles. The maximum Gasteiger partial charge on any atom is 0.187 e. The van der Waals surface area contributed by atoms with Gasteiger partial charge in [-0.15, -0.1) is 11.3 Å². The number of ether oxygens (including phenoxy) is 1. The number of Topliss-reactive ketones (excluding diaryl/α,β-unsaturated/α-hetero) is 1. The predicted octanol–water partition coefficient (Wildman–Crippen LogP) is 8.49. The van der Waals surface area contributed by atoms with Gasteiger partial charge in [0, 0.05) is 46.4 Å². The molecule has 1 aliphatic carbocycles. The molecule has 4 aromatic rings. The highest BCUT2D eigenvalue weighted by Crippen LogP contribution is 2.58. The van der Waals surface area contributed by atoms with E-state index in [0.29, 0.717) is 0 Å². The number of thiophene rings is 1. The molecule has 0 N–H and O–H groups in total. The van der Waals surface area contributed by atoms with Gasteiger partial charge in [0.05, 0.1) is 0 Å². The number of rotatable bonds is 9. The van der Waals surface area contributed by atoms with E-state index >= 15 is 0 Å². The molecule has 1 unspecified atom stereocenters. The molecule has 1 atom stereocenters. The van der Waals surface area contributed by atoms with Gasteiger partial charge in [0.2, 0.25) is 0 Å². The third-order valence-electron chi connectivity index (χ3n) is 7.81. The van der Waals surface area contributed by atoms with Crippen LogP contribution < -0.4 is 9.64 Å². The van der Waals surface area contributed by atoms with Gasteiger partial charge in [-0.2, -0.15) is 0 Å². The lowest BCUT2D eigenvalue weighted by Gasteiger charge is -2.34. The number of carbonyl (C=O) groups excluding carboxylic acids is 1. The summed E-state index contributed by atoms with van der Waals surface area (Å²) in [5.41, 5.74) is 4.86. The standard InChI is InChI=1S/C34H33NO2S/c1-3-5-20-35(21-6-4-2)25-18-19-28-29(23-25)37-33-31(24-13-8-7-9-14-24)26-15-10-11-16-27(26)32(36)34(28,33)30-17-12-22-38-30/h7-19,22-23H,3-6,20-21H2,1-2H3. The average molecular weight is 520 g/mol. The third kappa shape index (κ3) is 3.82. The highest BCUT2D eigenvalue weighted by Gasteiger charge is 2.58. The average Bonchev–Trinajstić information content (AvgIpc) is 3.61. The van der Waals surface area contributed by atoms with Gasteiger partial charge in [-0.1, -0.05) is 93.4 Å². The van der Waals surface area contributed by atoms with Crippen LogP contribution in [0.25, 0.3) is 5.57 Å². The van der Waals surface area contributed by atoms with Crippen molar-refractivity contribution in [2.75, 3.05) is 18.0 Å². The second-order valence-electron chi connectivity index (χ2n) is 10.1. The Morgan fingerprint density at radius 3 is 2.21 bits per heavy atom. The van der Waals surface area contributed by atoms with E-state index in [-0.39, 0.29) is 5.78 Å². The largest absolute Gasteiger partial charge is 0.459 e. The van der Waals surface area contributed by atoms with E-state index in [9.17, 15) is 4.79 Å². The molecule has 3 nitrogen and oxygen atoms in total. The molecule has 0 amide bonds. The van der Waals surface area contributed by atoms with Gasteiger partial charge in [0.25, 0.3) is 0 Å². The van der Waals surface area contributed by atoms with Crippen molar-refractivity contribution < 1.29 is 9.53 Å². The molecular weight excluding hydrogens is 486 g/mol. The van der Waals surface area contributed by atoms with Crippen molar-refractivity contribution in [2.45, 2.75) is 44.9 Å². The SMILES string of the molecule is CCCCN(CCCC)c1ccc2c(c1)OC1=C(c3ccccc3)c3ccccc3C(=O)C12c1cccs1. The van der Waals surface area contributed by atoms with Gasteiger partial charge in [-0.3, -0.25) is 4.79 Å². The predicted molar refractivity (Wildman–Crippen MR) is 157 cm³/mol. The Labute approximate surface area is 229 Å². The number of benzene rings is 3. The maximum atomic E-state index is 14.6. The summed E-state index contributed by atoms with van der Waals surface area (Å²) in [6.07, 6.45) is 4.62. The summed E-state index contributed by atoms with van der Waals surface area (Å²) in [7, 11) is 0. The Bertz CT molecular complexity index is 1480. The molecule has 0 spiro atoms. The van der Waals surface area contributed by atoms with Gasteiger partial charge in [0.15, 0.2) is 11.2 Å². The van der Waals surface area contributed by atoms with E-state index < -0.39 is 5.41 Å². The number of carbonyl (C=O) groups is 1. The van der Waals surface area contributed by atoms with Crippen molar-refractivity contribution in [3.05, 3.63) is 123 Å². The molecule has 0 bridgehead atoms. The first-order valence-corrected chi connectivity index (χ1v) is 14.6. The summed E-state index contributed by atoms with van der Waals surface area (Å²) in [4.78, 5) is 18.1. The van der Waals surface area contributed by atoms with Crippen LogP contribution in [0.5, 0.6) is 5.75 Å². The summed E-state index contributed by atoms with van der Waals surface area (Å²) < 4.78 is 6.87. The van der Waals surface area contributed by atoms with Crippen LogP contribution in [0.3, 0.4) is 0 Å². The molecule has 0 saturated carbocycles. The summed E-state index contributed by atoms with van der Waals surface area (Å²) in [5, 5.41) is 2.06. The van der Waals surface area contributed by atoms with Crippen molar-refractivity contribution >= 4 is 28.4 Å². The molecule has 0 radical (unpaired) electrons. The molecule has 192 valence electrons. The lowest BCUT2D eigenvalue weighted by molar-refractivity contribution is 0.0923. The van der Waals surface area contributed by atoms with E-state index in [1.54, 1.807) is 11.3 Å². The smallest absolute Gasteiger partial charge is 0.187 e. The number of ketones is 1. The zero-order chi connectivity index (χ0) is 26.1. The van der Waals surface area contributed by atoms with Gasteiger partial charge >= 0.3 is 0 Å². The number of fused-ring (bicyclic) bond motifs is 4. The zero-order valence-corrected chi connectivity index (χ0v) is 22.9. The van der Waals surface area contributed by atoms with Crippen molar-refractivity contribution in [2.24, 2.45) is 0 Å². The molecule has 1 aliphatic heterocycles. The minimum absolute atomic E-state index is 0.0885. The fourth-order valence-electron chi connectivity index (χ4n) is 5.91. The first-order chi connectivity index (χ1) is 18.7. The van der Waals surface area contributed by atoms with E-state index in [2.05, 4.69) is 66.6 Å². The molecule has 6 rings (SSSR count). The molecule has 0 saturated heterocycles. The number of hydrogen-bond donors (Lipinski definition) is 0. The zero-order valence-electron chi connectivity index (χ0n) is 22.1. The molecular formula is C34H33NO2S. The van der Waals surface area contributed by atoms with Crippen LogP contribution in [0.15, 0.2) is 96.1 Å². The molecule has 4 heteroatoms. The first-order valence-electron chi connectivity index (χ1n) is 13.8. The molecule has 2 aliphatic rings. The third-order valence-corrected chi connectivity index (χ3v) is 8.80. The van der Waals surface area contributed by atoms with Crippen LogP contribution in [0, 0.1) is 0 Å². The highest BCUT2D eigenvalue weighted by atomic mass is 32.1. The first kappa shape index (κ1) is 24.7. The second-order valence-corrected chi connectivity index (χ2v) is 11.1. The topological polar surface area (TPSA) is 29.5 Å². The quantitative estimate of drug-likeness (QED) is 0.222. The van der Waals surface area contributed by atoms with Crippen molar-refractivity contribution in [1.29, 1.82) is 0 Å². The van der Waals surface area contributed by atoms with Crippen LogP contribution in [0.4, 0.5) is 5.69 Å². The minimum atomic E-state index is -0.987. The number of anilines is 1. The van der Waals surface area contributed by atoms with Gasteiger partial charge in [0.1, 0.15) is 11.5 Å².